The van der Waals surface area contributed by atoms with Crippen LogP contribution < -0.4 is 4.74 Å². The van der Waals surface area contributed by atoms with Crippen LogP contribution in [-0.2, 0) is 14.9 Å². The van der Waals surface area contributed by atoms with Crippen molar-refractivity contribution in [1.82, 2.24) is 4.90 Å². The SMILES string of the molecule is COC(=O)N1CCSC(=Cc2cc(C(C)C)c(OC(=O)c3ccccc3)c(C(C)C)c2)C1(C)S(=O)(=O)O. The highest BCUT2D eigenvalue weighted by atomic mass is 32.2. The van der Waals surface area contributed by atoms with Gasteiger partial charge in [0.1, 0.15) is 5.75 Å². The van der Waals surface area contributed by atoms with E-state index in [0.717, 1.165) is 23.1 Å². The number of methoxy groups -OCH3 is 1. The van der Waals surface area contributed by atoms with Gasteiger partial charge in [-0.15, -0.1) is 11.8 Å². The molecule has 1 aliphatic rings. The highest BCUT2D eigenvalue weighted by molar-refractivity contribution is 8.04. The van der Waals surface area contributed by atoms with Crippen LogP contribution in [-0.4, -0.2) is 54.2 Å². The summed E-state index contributed by atoms with van der Waals surface area (Å²) < 4.78 is 46.1. The summed E-state index contributed by atoms with van der Waals surface area (Å²) in [4.78, 5) is 24.6. The van der Waals surface area contributed by atoms with Crippen molar-refractivity contribution in [2.75, 3.05) is 19.4 Å². The van der Waals surface area contributed by atoms with Gasteiger partial charge in [-0.3, -0.25) is 9.45 Å². The maximum absolute atomic E-state index is 12.9. The summed E-state index contributed by atoms with van der Waals surface area (Å²) in [6, 6.07) is 12.4. The predicted octanol–water partition coefficient (Wildman–Crippen LogP) is 5.91. The van der Waals surface area contributed by atoms with Crippen molar-refractivity contribution in [2.45, 2.75) is 51.3 Å². The third-order valence-electron chi connectivity index (χ3n) is 6.36. The zero-order chi connectivity index (χ0) is 27.5. The number of hydrogen-bond acceptors (Lipinski definition) is 7. The number of thioether (sulfide) groups is 1. The van der Waals surface area contributed by atoms with Crippen LogP contribution in [0.3, 0.4) is 0 Å². The molecular formula is C27H33NO7S2. The van der Waals surface area contributed by atoms with Crippen molar-refractivity contribution < 1.29 is 32.0 Å². The minimum absolute atomic E-state index is 0.0204. The van der Waals surface area contributed by atoms with Gasteiger partial charge in [0, 0.05) is 17.2 Å². The first kappa shape index (κ1) is 28.7. The molecule has 10 heteroatoms. The lowest BCUT2D eigenvalue weighted by Gasteiger charge is -2.42. The average Bonchev–Trinajstić information content (AvgIpc) is 2.84. The van der Waals surface area contributed by atoms with Gasteiger partial charge in [-0.2, -0.15) is 8.42 Å². The molecule has 1 heterocycles. The van der Waals surface area contributed by atoms with Gasteiger partial charge in [0.25, 0.3) is 10.1 Å². The first-order valence-corrected chi connectivity index (χ1v) is 14.4. The molecule has 0 aliphatic carbocycles. The molecule has 0 radical (unpaired) electrons. The molecule has 8 nitrogen and oxygen atoms in total. The Morgan fingerprint density at radius 2 is 1.65 bits per heavy atom. The summed E-state index contributed by atoms with van der Waals surface area (Å²) in [6.07, 6.45) is 0.814. The third-order valence-corrected chi connectivity index (χ3v) is 9.14. The van der Waals surface area contributed by atoms with Crippen molar-refractivity contribution in [3.8, 4) is 5.75 Å². The quantitative estimate of drug-likeness (QED) is 0.270. The largest absolute Gasteiger partial charge is 0.453 e. The highest BCUT2D eigenvalue weighted by Gasteiger charge is 2.52. The molecule has 37 heavy (non-hydrogen) atoms. The van der Waals surface area contributed by atoms with Crippen LogP contribution in [0, 0.1) is 0 Å². The Kier molecular flexibility index (Phi) is 8.77. The molecule has 1 fully saturated rings. The van der Waals surface area contributed by atoms with Gasteiger partial charge < -0.3 is 9.47 Å². The lowest BCUT2D eigenvalue weighted by molar-refractivity contribution is 0.0730. The van der Waals surface area contributed by atoms with Crippen LogP contribution in [0.1, 0.15) is 73.5 Å². The number of carbonyl (C=O) groups excluding carboxylic acids is 2. The molecule has 3 rings (SSSR count). The molecule has 0 saturated carbocycles. The summed E-state index contributed by atoms with van der Waals surface area (Å²) in [5.41, 5.74) is 2.66. The summed E-state index contributed by atoms with van der Waals surface area (Å²) in [7, 11) is -3.58. The molecule has 0 bridgehead atoms. The Morgan fingerprint density at radius 1 is 1.08 bits per heavy atom. The molecule has 1 unspecified atom stereocenters. The number of amides is 1. The van der Waals surface area contributed by atoms with Crippen molar-refractivity contribution in [2.24, 2.45) is 0 Å². The van der Waals surface area contributed by atoms with Gasteiger partial charge in [-0.05, 0) is 65.8 Å². The monoisotopic (exact) mass is 547 g/mol. The van der Waals surface area contributed by atoms with Crippen molar-refractivity contribution >= 4 is 40.0 Å². The van der Waals surface area contributed by atoms with E-state index in [4.69, 9.17) is 9.47 Å². The Hall–Kier alpha value is -2.82. The first-order chi connectivity index (χ1) is 17.3. The Labute approximate surface area is 222 Å². The highest BCUT2D eigenvalue weighted by Crippen LogP contribution is 2.44. The normalized spacial score (nSPS) is 19.4. The number of hydrogen-bond donors (Lipinski definition) is 1. The standard InChI is InChI=1S/C27H33NO7S2/c1-17(2)21-14-19(15-22(18(3)4)24(21)35-25(29)20-10-8-7-9-11-20)16-23-27(5,37(31,32)33)28(12-13-36-23)26(30)34-6/h7-11,14-18H,12-13H2,1-6H3,(H,31,32,33). The van der Waals surface area contributed by atoms with Gasteiger partial charge in [0.05, 0.1) is 12.7 Å². The molecule has 0 spiro atoms. The van der Waals surface area contributed by atoms with Gasteiger partial charge in [-0.1, -0.05) is 45.9 Å². The summed E-state index contributed by atoms with van der Waals surface area (Å²) in [6.45, 7) is 9.30. The number of esters is 1. The molecule has 1 amide bonds. The summed E-state index contributed by atoms with van der Waals surface area (Å²) >= 11 is 1.25. The Balaban J connectivity index is 2.17. The van der Waals surface area contributed by atoms with E-state index in [2.05, 4.69) is 0 Å². The maximum Gasteiger partial charge on any atom is 0.411 e. The third kappa shape index (κ3) is 5.86. The Morgan fingerprint density at radius 3 is 2.14 bits per heavy atom. The number of ether oxygens (including phenoxy) is 2. The second-order valence-electron chi connectivity index (χ2n) is 9.53. The number of benzene rings is 2. The minimum Gasteiger partial charge on any atom is -0.453 e. The molecule has 1 atom stereocenters. The van der Waals surface area contributed by atoms with Crippen LogP contribution in [0.2, 0.25) is 0 Å². The Bertz CT molecular complexity index is 1270. The molecule has 1 aliphatic heterocycles. The van der Waals surface area contributed by atoms with Crippen LogP contribution in [0.25, 0.3) is 6.08 Å². The van der Waals surface area contributed by atoms with Crippen molar-refractivity contribution in [3.05, 3.63) is 69.6 Å². The zero-order valence-corrected chi connectivity index (χ0v) is 23.5. The minimum atomic E-state index is -4.74. The molecule has 2 aromatic carbocycles. The average molecular weight is 548 g/mol. The van der Waals surface area contributed by atoms with E-state index in [-0.39, 0.29) is 23.3 Å². The van der Waals surface area contributed by atoms with Gasteiger partial charge in [-0.25, -0.2) is 9.59 Å². The van der Waals surface area contributed by atoms with Gasteiger partial charge in [0.15, 0.2) is 0 Å². The second kappa shape index (κ2) is 11.3. The number of rotatable bonds is 6. The molecule has 200 valence electrons. The summed E-state index contributed by atoms with van der Waals surface area (Å²) in [5, 5.41) is 0. The lowest BCUT2D eigenvalue weighted by Crippen LogP contribution is -2.58. The van der Waals surface area contributed by atoms with Gasteiger partial charge >= 0.3 is 12.1 Å². The molecule has 2 aromatic rings. The van der Waals surface area contributed by atoms with Crippen LogP contribution in [0.5, 0.6) is 5.75 Å². The topological polar surface area (TPSA) is 110 Å². The van der Waals surface area contributed by atoms with E-state index in [1.54, 1.807) is 30.3 Å². The van der Waals surface area contributed by atoms with E-state index < -0.39 is 27.1 Å². The molecule has 0 aromatic heterocycles. The van der Waals surface area contributed by atoms with E-state index >= 15 is 0 Å². The van der Waals surface area contributed by atoms with Crippen LogP contribution in [0.15, 0.2) is 47.4 Å². The maximum atomic E-state index is 12.9. The molecule has 1 N–H and O–H groups in total. The fourth-order valence-electron chi connectivity index (χ4n) is 4.18. The fourth-order valence-corrected chi connectivity index (χ4v) is 6.52. The zero-order valence-electron chi connectivity index (χ0n) is 21.8. The van der Waals surface area contributed by atoms with Gasteiger partial charge in [0.2, 0.25) is 4.87 Å². The van der Waals surface area contributed by atoms with E-state index in [0.29, 0.717) is 22.6 Å². The smallest absolute Gasteiger partial charge is 0.411 e. The number of carbonyl (C=O) groups is 2. The lowest BCUT2D eigenvalue weighted by atomic mass is 9.91. The van der Waals surface area contributed by atoms with Crippen LogP contribution >= 0.6 is 11.8 Å². The van der Waals surface area contributed by atoms with E-state index in [9.17, 15) is 22.6 Å². The molecule has 1 saturated heterocycles. The summed E-state index contributed by atoms with van der Waals surface area (Å²) in [5.74, 6) is 0.394. The van der Waals surface area contributed by atoms with E-state index in [1.165, 1.54) is 18.7 Å². The van der Waals surface area contributed by atoms with Crippen molar-refractivity contribution in [1.29, 1.82) is 0 Å². The first-order valence-electron chi connectivity index (χ1n) is 11.9. The van der Waals surface area contributed by atoms with E-state index in [1.807, 2.05) is 45.9 Å². The molecular weight excluding hydrogens is 514 g/mol. The van der Waals surface area contributed by atoms with Crippen LogP contribution in [0.4, 0.5) is 4.79 Å². The predicted molar refractivity (Wildman–Crippen MR) is 146 cm³/mol. The number of nitrogens with zero attached hydrogens (tertiary/aromatic N) is 1. The fraction of sp³-hybridized carbons (Fsp3) is 0.407. The second-order valence-corrected chi connectivity index (χ2v) is 12.4. The van der Waals surface area contributed by atoms with Crippen molar-refractivity contribution in [3.63, 3.8) is 0 Å².